The van der Waals surface area contributed by atoms with E-state index in [-0.39, 0.29) is 25.4 Å². The summed E-state index contributed by atoms with van der Waals surface area (Å²) in [5.41, 5.74) is 0.628. The maximum Gasteiger partial charge on any atom is 0.125 e. The topological polar surface area (TPSA) is 41.9 Å². The van der Waals surface area contributed by atoms with Crippen LogP contribution in [-0.4, -0.2) is 42.3 Å². The number of rotatable bonds is 2. The van der Waals surface area contributed by atoms with Gasteiger partial charge in [-0.05, 0) is 31.1 Å². The standard InChI is InChI=1S/C14H19NO3/c1-2-5-15-6-7-17-14-11-8-10(16)3-4-13(11)18-9-12(14)15/h3-4,8,12,14,16H,2,5-7,9H2,1H3/t12?,14-/m0/s1/i5D2,6D2. The summed E-state index contributed by atoms with van der Waals surface area (Å²) < 4.78 is 43.9. The van der Waals surface area contributed by atoms with Gasteiger partial charge in [0.2, 0.25) is 0 Å². The first kappa shape index (κ1) is 8.02. The number of hydrogen-bond acceptors (Lipinski definition) is 4. The summed E-state index contributed by atoms with van der Waals surface area (Å²) in [4.78, 5) is 1.22. The maximum atomic E-state index is 9.68. The lowest BCUT2D eigenvalue weighted by atomic mass is 9.96. The number of phenols is 1. The number of ether oxygens (including phenoxy) is 2. The Kier molecular flexibility index (Phi) is 2.13. The van der Waals surface area contributed by atoms with Gasteiger partial charge in [-0.2, -0.15) is 0 Å². The predicted octanol–water partition coefficient (Wildman–Crippen LogP) is 1.94. The highest BCUT2D eigenvalue weighted by Crippen LogP contribution is 2.40. The van der Waals surface area contributed by atoms with E-state index in [4.69, 9.17) is 15.0 Å². The van der Waals surface area contributed by atoms with Crippen LogP contribution in [-0.2, 0) is 4.74 Å². The van der Waals surface area contributed by atoms with E-state index < -0.39 is 25.1 Å². The van der Waals surface area contributed by atoms with Crippen LogP contribution < -0.4 is 4.74 Å². The highest BCUT2D eigenvalue weighted by molar-refractivity contribution is 5.43. The summed E-state index contributed by atoms with van der Waals surface area (Å²) in [6.45, 7) is -2.14. The van der Waals surface area contributed by atoms with E-state index in [1.165, 1.54) is 17.0 Å². The van der Waals surface area contributed by atoms with Crippen molar-refractivity contribution in [1.29, 1.82) is 0 Å². The van der Waals surface area contributed by atoms with Gasteiger partial charge in [-0.3, -0.25) is 4.90 Å². The molecule has 2 atom stereocenters. The first-order valence-electron chi connectivity index (χ1n) is 8.13. The van der Waals surface area contributed by atoms with Crippen LogP contribution in [0, 0.1) is 0 Å². The second-order valence-electron chi connectivity index (χ2n) is 4.37. The molecule has 18 heavy (non-hydrogen) atoms. The molecule has 1 N–H and O–H groups in total. The van der Waals surface area contributed by atoms with Gasteiger partial charge in [0.05, 0.1) is 12.6 Å². The minimum Gasteiger partial charge on any atom is -0.508 e. The third-order valence-electron chi connectivity index (χ3n) is 3.22. The number of aromatic hydroxyl groups is 1. The first-order valence-corrected chi connectivity index (χ1v) is 6.13. The molecular weight excluding hydrogens is 230 g/mol. The first-order chi connectivity index (χ1) is 10.3. The summed E-state index contributed by atoms with van der Waals surface area (Å²) >= 11 is 0. The van der Waals surface area contributed by atoms with Gasteiger partial charge in [0.25, 0.3) is 0 Å². The van der Waals surface area contributed by atoms with E-state index >= 15 is 0 Å². The third-order valence-corrected chi connectivity index (χ3v) is 3.22. The van der Waals surface area contributed by atoms with E-state index in [9.17, 15) is 5.11 Å². The lowest BCUT2D eigenvalue weighted by molar-refractivity contribution is -0.0956. The fourth-order valence-corrected chi connectivity index (χ4v) is 2.43. The Bertz CT molecular complexity index is 573. The summed E-state index contributed by atoms with van der Waals surface area (Å²) in [6.07, 6.45) is -0.371. The lowest BCUT2D eigenvalue weighted by Crippen LogP contribution is -2.52. The van der Waals surface area contributed by atoms with Crippen molar-refractivity contribution in [1.82, 2.24) is 4.90 Å². The van der Waals surface area contributed by atoms with Crippen LogP contribution in [0.4, 0.5) is 0 Å². The zero-order valence-corrected chi connectivity index (χ0v) is 10.2. The monoisotopic (exact) mass is 253 g/mol. The number of benzene rings is 1. The Hall–Kier alpha value is -1.26. The van der Waals surface area contributed by atoms with Gasteiger partial charge in [-0.1, -0.05) is 6.92 Å². The molecule has 1 aromatic rings. The van der Waals surface area contributed by atoms with Gasteiger partial charge in [0, 0.05) is 17.5 Å². The third kappa shape index (κ3) is 1.95. The van der Waals surface area contributed by atoms with Gasteiger partial charge in [0.1, 0.15) is 24.2 Å². The van der Waals surface area contributed by atoms with Crippen molar-refractivity contribution in [3.8, 4) is 11.5 Å². The molecule has 2 aliphatic heterocycles. The van der Waals surface area contributed by atoms with Crippen LogP contribution in [0.3, 0.4) is 0 Å². The van der Waals surface area contributed by atoms with Crippen molar-refractivity contribution in [2.45, 2.75) is 25.5 Å². The lowest BCUT2D eigenvalue weighted by Gasteiger charge is -2.44. The van der Waals surface area contributed by atoms with Gasteiger partial charge in [-0.25, -0.2) is 0 Å². The highest BCUT2D eigenvalue weighted by atomic mass is 16.5. The van der Waals surface area contributed by atoms with E-state index in [1.54, 1.807) is 13.0 Å². The van der Waals surface area contributed by atoms with Gasteiger partial charge in [0.15, 0.2) is 0 Å². The average molecular weight is 253 g/mol. The molecule has 2 aliphatic rings. The van der Waals surface area contributed by atoms with E-state index in [0.29, 0.717) is 11.3 Å². The minimum atomic E-state index is -1.92. The van der Waals surface area contributed by atoms with Crippen molar-refractivity contribution in [2.24, 2.45) is 0 Å². The van der Waals surface area contributed by atoms with Crippen LogP contribution in [0.25, 0.3) is 0 Å². The Morgan fingerprint density at radius 1 is 1.61 bits per heavy atom. The fourth-order valence-electron chi connectivity index (χ4n) is 2.43. The maximum absolute atomic E-state index is 9.68. The summed E-state index contributed by atoms with van der Waals surface area (Å²) in [6, 6.07) is 4.11. The molecule has 1 fully saturated rings. The van der Waals surface area contributed by atoms with Crippen LogP contribution in [0.1, 0.15) is 30.5 Å². The van der Waals surface area contributed by atoms with E-state index in [2.05, 4.69) is 0 Å². The molecule has 2 heterocycles. The van der Waals surface area contributed by atoms with Gasteiger partial charge >= 0.3 is 0 Å². The van der Waals surface area contributed by atoms with E-state index in [0.717, 1.165) is 0 Å². The molecule has 0 amide bonds. The highest BCUT2D eigenvalue weighted by Gasteiger charge is 2.38. The fraction of sp³-hybridized carbons (Fsp3) is 0.571. The predicted molar refractivity (Wildman–Crippen MR) is 67.9 cm³/mol. The van der Waals surface area contributed by atoms with E-state index in [1.807, 2.05) is 0 Å². The Morgan fingerprint density at radius 3 is 3.33 bits per heavy atom. The Balaban J connectivity index is 2.03. The SMILES string of the molecule is [2H]C([2H])(CC)N1C2COc3ccc(O)cc3[C@@H]2OCC1([2H])[2H]. The molecule has 0 bridgehead atoms. The van der Waals surface area contributed by atoms with Crippen LogP contribution in [0.2, 0.25) is 0 Å². The zero-order chi connectivity index (χ0) is 16.1. The normalized spacial score (nSPS) is 34.1. The number of morpholine rings is 1. The second-order valence-corrected chi connectivity index (χ2v) is 4.37. The second kappa shape index (κ2) is 4.78. The van der Waals surface area contributed by atoms with Gasteiger partial charge in [-0.15, -0.1) is 0 Å². The molecule has 4 nitrogen and oxygen atoms in total. The van der Waals surface area contributed by atoms with Crippen molar-refractivity contribution in [3.05, 3.63) is 23.8 Å². The Labute approximate surface area is 113 Å². The molecule has 1 saturated heterocycles. The van der Waals surface area contributed by atoms with Crippen LogP contribution in [0.15, 0.2) is 18.2 Å². The molecular formula is C14H19NO3. The Morgan fingerprint density at radius 2 is 2.50 bits per heavy atom. The molecule has 4 heteroatoms. The largest absolute Gasteiger partial charge is 0.508 e. The molecule has 0 radical (unpaired) electrons. The van der Waals surface area contributed by atoms with Crippen molar-refractivity contribution < 1.29 is 20.1 Å². The average Bonchev–Trinajstić information content (AvgIpc) is 2.45. The minimum absolute atomic E-state index is 0.0743. The molecule has 3 rings (SSSR count). The van der Waals surface area contributed by atoms with Crippen molar-refractivity contribution in [3.63, 3.8) is 0 Å². The summed E-state index contributed by atoms with van der Waals surface area (Å²) in [7, 11) is 0. The zero-order valence-electron chi connectivity index (χ0n) is 14.2. The summed E-state index contributed by atoms with van der Waals surface area (Å²) in [5.74, 6) is 0.656. The van der Waals surface area contributed by atoms with Crippen LogP contribution >= 0.6 is 0 Å². The molecule has 0 spiro atoms. The molecule has 0 saturated carbocycles. The number of phenolic OH excluding ortho intramolecular Hbond substituents is 1. The number of fused-ring (bicyclic) bond motifs is 3. The van der Waals surface area contributed by atoms with Crippen molar-refractivity contribution in [2.75, 3.05) is 26.2 Å². The van der Waals surface area contributed by atoms with Crippen LogP contribution in [0.5, 0.6) is 11.5 Å². The molecule has 1 unspecified atom stereocenters. The molecule has 1 aromatic carbocycles. The molecule has 98 valence electrons. The number of hydrogen-bond donors (Lipinski definition) is 1. The number of nitrogens with zero attached hydrogens (tertiary/aromatic N) is 1. The molecule has 0 aromatic heterocycles. The smallest absolute Gasteiger partial charge is 0.125 e. The quantitative estimate of drug-likeness (QED) is 0.874. The van der Waals surface area contributed by atoms with Crippen molar-refractivity contribution >= 4 is 0 Å². The molecule has 0 aliphatic carbocycles. The summed E-state index contributed by atoms with van der Waals surface area (Å²) in [5, 5.41) is 9.68. The van der Waals surface area contributed by atoms with Gasteiger partial charge < -0.3 is 14.6 Å².